The second-order valence-electron chi connectivity index (χ2n) is 4.70. The standard InChI is InChI=1S/C14H19N5/c1-18(10-13-17-7-8-19(13)2)9-11-5-3-4-6-12(11)14(15)16/h3-8H,9-10H2,1-2H3,(H3,15,16). The minimum absolute atomic E-state index is 0.112. The van der Waals surface area contributed by atoms with Crippen LogP contribution in [0.25, 0.3) is 0 Å². The van der Waals surface area contributed by atoms with Gasteiger partial charge in [-0.2, -0.15) is 0 Å². The van der Waals surface area contributed by atoms with Gasteiger partial charge >= 0.3 is 0 Å². The van der Waals surface area contributed by atoms with Gasteiger partial charge < -0.3 is 10.3 Å². The van der Waals surface area contributed by atoms with Crippen LogP contribution in [0.1, 0.15) is 17.0 Å². The summed E-state index contributed by atoms with van der Waals surface area (Å²) in [6.07, 6.45) is 3.74. The maximum atomic E-state index is 7.59. The fraction of sp³-hybridized carbons (Fsp3) is 0.286. The number of nitrogens with two attached hydrogens (primary N) is 1. The van der Waals surface area contributed by atoms with Crippen molar-refractivity contribution in [1.82, 2.24) is 14.5 Å². The molecule has 0 saturated carbocycles. The number of nitrogens with zero attached hydrogens (tertiary/aromatic N) is 3. The molecule has 1 aromatic carbocycles. The number of rotatable bonds is 5. The molecule has 100 valence electrons. The highest BCUT2D eigenvalue weighted by molar-refractivity contribution is 5.96. The zero-order valence-corrected chi connectivity index (χ0v) is 11.3. The normalized spacial score (nSPS) is 10.9. The predicted molar refractivity (Wildman–Crippen MR) is 75.8 cm³/mol. The van der Waals surface area contributed by atoms with Crippen molar-refractivity contribution in [2.45, 2.75) is 13.1 Å². The summed E-state index contributed by atoms with van der Waals surface area (Å²) in [5.74, 6) is 1.13. The summed E-state index contributed by atoms with van der Waals surface area (Å²) in [4.78, 5) is 6.47. The Bertz CT molecular complexity index is 573. The molecular formula is C14H19N5. The zero-order valence-electron chi connectivity index (χ0n) is 11.3. The van der Waals surface area contributed by atoms with Gasteiger partial charge in [-0.25, -0.2) is 4.98 Å². The van der Waals surface area contributed by atoms with Crippen LogP contribution in [0.5, 0.6) is 0 Å². The lowest BCUT2D eigenvalue weighted by molar-refractivity contribution is 0.307. The van der Waals surface area contributed by atoms with E-state index in [0.29, 0.717) is 0 Å². The van der Waals surface area contributed by atoms with Crippen LogP contribution in [-0.4, -0.2) is 27.3 Å². The first-order chi connectivity index (χ1) is 9.08. The van der Waals surface area contributed by atoms with Gasteiger partial charge in [-0.05, 0) is 12.6 Å². The number of nitrogen functional groups attached to an aromatic ring is 1. The molecule has 0 saturated heterocycles. The van der Waals surface area contributed by atoms with Crippen LogP contribution < -0.4 is 5.73 Å². The SMILES string of the molecule is CN(Cc1ccccc1C(=N)N)Cc1nccn1C. The average molecular weight is 257 g/mol. The Morgan fingerprint density at radius 2 is 2.11 bits per heavy atom. The Hall–Kier alpha value is -2.14. The van der Waals surface area contributed by atoms with Gasteiger partial charge in [0.05, 0.1) is 6.54 Å². The molecule has 0 atom stereocenters. The first-order valence-corrected chi connectivity index (χ1v) is 6.15. The minimum Gasteiger partial charge on any atom is -0.384 e. The van der Waals surface area contributed by atoms with E-state index in [9.17, 15) is 0 Å². The van der Waals surface area contributed by atoms with Crippen LogP contribution in [0, 0.1) is 5.41 Å². The van der Waals surface area contributed by atoms with Gasteiger partial charge in [0.1, 0.15) is 11.7 Å². The van der Waals surface area contributed by atoms with E-state index in [0.717, 1.165) is 30.0 Å². The molecule has 19 heavy (non-hydrogen) atoms. The summed E-state index contributed by atoms with van der Waals surface area (Å²) in [6, 6.07) is 7.76. The van der Waals surface area contributed by atoms with Crippen LogP contribution in [0.4, 0.5) is 0 Å². The fourth-order valence-corrected chi connectivity index (χ4v) is 2.06. The Morgan fingerprint density at radius 1 is 1.37 bits per heavy atom. The molecule has 0 spiro atoms. The van der Waals surface area contributed by atoms with Crippen molar-refractivity contribution in [3.05, 3.63) is 53.6 Å². The van der Waals surface area contributed by atoms with Crippen molar-refractivity contribution in [1.29, 1.82) is 5.41 Å². The predicted octanol–water partition coefficient (Wildman–Crippen LogP) is 1.34. The Labute approximate surface area is 113 Å². The molecule has 0 radical (unpaired) electrons. The first kappa shape index (κ1) is 13.3. The highest BCUT2D eigenvalue weighted by atomic mass is 15.1. The monoisotopic (exact) mass is 257 g/mol. The Kier molecular flexibility index (Phi) is 3.97. The maximum Gasteiger partial charge on any atom is 0.123 e. The Morgan fingerprint density at radius 3 is 2.74 bits per heavy atom. The van der Waals surface area contributed by atoms with Gasteiger partial charge in [-0.15, -0.1) is 0 Å². The second-order valence-corrected chi connectivity index (χ2v) is 4.70. The van der Waals surface area contributed by atoms with E-state index < -0.39 is 0 Å². The van der Waals surface area contributed by atoms with Crippen LogP contribution in [0.3, 0.4) is 0 Å². The quantitative estimate of drug-likeness (QED) is 0.627. The van der Waals surface area contributed by atoms with Crippen molar-refractivity contribution in [2.75, 3.05) is 7.05 Å². The van der Waals surface area contributed by atoms with E-state index in [-0.39, 0.29) is 5.84 Å². The van der Waals surface area contributed by atoms with Crippen molar-refractivity contribution in [3.63, 3.8) is 0 Å². The van der Waals surface area contributed by atoms with E-state index in [2.05, 4.69) is 9.88 Å². The smallest absolute Gasteiger partial charge is 0.123 e. The number of amidine groups is 1. The largest absolute Gasteiger partial charge is 0.384 e. The molecule has 0 bridgehead atoms. The third-order valence-electron chi connectivity index (χ3n) is 3.08. The lowest BCUT2D eigenvalue weighted by atomic mass is 10.1. The molecule has 0 amide bonds. The first-order valence-electron chi connectivity index (χ1n) is 6.15. The maximum absolute atomic E-state index is 7.59. The van der Waals surface area contributed by atoms with Crippen LogP contribution in [-0.2, 0) is 20.1 Å². The molecule has 0 aliphatic heterocycles. The molecule has 5 nitrogen and oxygen atoms in total. The number of hydrogen-bond acceptors (Lipinski definition) is 3. The second kappa shape index (κ2) is 5.67. The molecule has 1 aromatic heterocycles. The summed E-state index contributed by atoms with van der Waals surface area (Å²) in [5, 5.41) is 7.59. The molecule has 0 aliphatic rings. The summed E-state index contributed by atoms with van der Waals surface area (Å²) >= 11 is 0. The summed E-state index contributed by atoms with van der Waals surface area (Å²) in [6.45, 7) is 1.50. The summed E-state index contributed by atoms with van der Waals surface area (Å²) in [5.41, 5.74) is 7.46. The number of aryl methyl sites for hydroxylation is 1. The van der Waals surface area contributed by atoms with Gasteiger partial charge in [0.25, 0.3) is 0 Å². The molecule has 0 unspecified atom stereocenters. The van der Waals surface area contributed by atoms with E-state index in [1.807, 2.05) is 49.1 Å². The summed E-state index contributed by atoms with van der Waals surface area (Å²) < 4.78 is 2.01. The lowest BCUT2D eigenvalue weighted by Gasteiger charge is -2.18. The number of aromatic nitrogens is 2. The number of hydrogen-bond donors (Lipinski definition) is 2. The third-order valence-corrected chi connectivity index (χ3v) is 3.08. The lowest BCUT2D eigenvalue weighted by Crippen LogP contribution is -2.22. The van der Waals surface area contributed by atoms with Crippen LogP contribution in [0.2, 0.25) is 0 Å². The Balaban J connectivity index is 2.09. The van der Waals surface area contributed by atoms with E-state index in [4.69, 9.17) is 11.1 Å². The fourth-order valence-electron chi connectivity index (χ4n) is 2.06. The van der Waals surface area contributed by atoms with Gasteiger partial charge in [0, 0.05) is 31.5 Å². The summed E-state index contributed by atoms with van der Waals surface area (Å²) in [7, 11) is 4.02. The van der Waals surface area contributed by atoms with E-state index >= 15 is 0 Å². The molecule has 3 N–H and O–H groups in total. The van der Waals surface area contributed by atoms with E-state index in [1.54, 1.807) is 6.20 Å². The van der Waals surface area contributed by atoms with Crippen molar-refractivity contribution in [3.8, 4) is 0 Å². The average Bonchev–Trinajstić information content (AvgIpc) is 2.75. The van der Waals surface area contributed by atoms with Gasteiger partial charge in [0.15, 0.2) is 0 Å². The highest BCUT2D eigenvalue weighted by Crippen LogP contribution is 2.11. The highest BCUT2D eigenvalue weighted by Gasteiger charge is 2.09. The van der Waals surface area contributed by atoms with Crippen molar-refractivity contribution >= 4 is 5.84 Å². The molecule has 1 heterocycles. The molecule has 0 aliphatic carbocycles. The molecule has 5 heteroatoms. The number of benzene rings is 1. The third kappa shape index (κ3) is 3.20. The molecule has 2 aromatic rings. The topological polar surface area (TPSA) is 70.9 Å². The molecule has 2 rings (SSSR count). The number of imidazole rings is 1. The van der Waals surface area contributed by atoms with Crippen LogP contribution >= 0.6 is 0 Å². The van der Waals surface area contributed by atoms with Crippen molar-refractivity contribution < 1.29 is 0 Å². The zero-order chi connectivity index (χ0) is 13.8. The van der Waals surface area contributed by atoms with Gasteiger partial charge in [-0.3, -0.25) is 10.3 Å². The van der Waals surface area contributed by atoms with E-state index in [1.165, 1.54) is 0 Å². The molecule has 0 fully saturated rings. The van der Waals surface area contributed by atoms with Gasteiger partial charge in [-0.1, -0.05) is 24.3 Å². The molecular weight excluding hydrogens is 238 g/mol. The van der Waals surface area contributed by atoms with Crippen molar-refractivity contribution in [2.24, 2.45) is 12.8 Å². The minimum atomic E-state index is 0.112. The van der Waals surface area contributed by atoms with Gasteiger partial charge in [0.2, 0.25) is 0 Å². The number of nitrogens with one attached hydrogen (secondary N) is 1. The van der Waals surface area contributed by atoms with Crippen LogP contribution in [0.15, 0.2) is 36.7 Å².